The molecule has 2 unspecified atom stereocenters. The molecular weight excluding hydrogens is 238 g/mol. The van der Waals surface area contributed by atoms with Gasteiger partial charge < -0.3 is 9.84 Å². The van der Waals surface area contributed by atoms with Crippen LogP contribution in [0, 0.1) is 0 Å². The van der Waals surface area contributed by atoms with Crippen LogP contribution in [0.1, 0.15) is 43.2 Å². The van der Waals surface area contributed by atoms with Gasteiger partial charge >= 0.3 is 0 Å². The number of fused-ring (bicyclic) bond motifs is 2. The zero-order chi connectivity index (χ0) is 12.8. The van der Waals surface area contributed by atoms with E-state index in [0.29, 0.717) is 18.4 Å². The highest BCUT2D eigenvalue weighted by atomic mass is 19.3. The summed E-state index contributed by atoms with van der Waals surface area (Å²) in [4.78, 5) is 0. The maximum atomic E-state index is 12.7. The van der Waals surface area contributed by atoms with Gasteiger partial charge in [0.15, 0.2) is 0 Å². The predicted octanol–water partition coefficient (Wildman–Crippen LogP) is 3.15. The number of benzene rings is 1. The molecule has 98 valence electrons. The van der Waals surface area contributed by atoms with Crippen LogP contribution in [0.3, 0.4) is 0 Å². The van der Waals surface area contributed by atoms with Gasteiger partial charge in [-0.25, -0.2) is 8.78 Å². The minimum Gasteiger partial charge on any atom is -0.385 e. The van der Waals surface area contributed by atoms with Gasteiger partial charge in [0.05, 0.1) is 17.8 Å². The van der Waals surface area contributed by atoms with Crippen molar-refractivity contribution in [3.8, 4) is 0 Å². The van der Waals surface area contributed by atoms with Gasteiger partial charge in [-0.15, -0.1) is 0 Å². The fourth-order valence-electron chi connectivity index (χ4n) is 3.12. The third-order valence-electron chi connectivity index (χ3n) is 4.00. The van der Waals surface area contributed by atoms with Crippen LogP contribution in [0.15, 0.2) is 24.3 Å². The Balaban J connectivity index is 1.91. The van der Waals surface area contributed by atoms with Gasteiger partial charge in [0.2, 0.25) is 0 Å². The molecule has 18 heavy (non-hydrogen) atoms. The number of hydrogen-bond acceptors (Lipinski definition) is 2. The topological polar surface area (TPSA) is 29.5 Å². The monoisotopic (exact) mass is 254 g/mol. The van der Waals surface area contributed by atoms with E-state index in [-0.39, 0.29) is 17.8 Å². The number of rotatable bonds is 2. The second kappa shape index (κ2) is 4.28. The van der Waals surface area contributed by atoms with E-state index in [2.05, 4.69) is 0 Å². The number of hydrogen-bond donors (Lipinski definition) is 1. The molecule has 4 heteroatoms. The number of alkyl halides is 2. The maximum Gasteiger partial charge on any atom is 0.263 e. The van der Waals surface area contributed by atoms with Gasteiger partial charge in [0.1, 0.15) is 0 Å². The van der Waals surface area contributed by atoms with Crippen molar-refractivity contribution in [1.82, 2.24) is 0 Å². The van der Waals surface area contributed by atoms with Crippen LogP contribution in [-0.4, -0.2) is 17.3 Å². The van der Waals surface area contributed by atoms with Crippen molar-refractivity contribution in [3.05, 3.63) is 35.4 Å². The van der Waals surface area contributed by atoms with E-state index in [1.54, 1.807) is 12.1 Å². The molecule has 0 saturated carbocycles. The van der Waals surface area contributed by atoms with Crippen LogP contribution in [0.5, 0.6) is 0 Å². The van der Waals surface area contributed by atoms with Crippen molar-refractivity contribution in [2.24, 2.45) is 0 Å². The first-order valence-electron chi connectivity index (χ1n) is 6.33. The molecule has 2 atom stereocenters. The first-order chi connectivity index (χ1) is 8.57. The van der Waals surface area contributed by atoms with E-state index in [0.717, 1.165) is 12.8 Å². The highest BCUT2D eigenvalue weighted by Crippen LogP contribution is 2.44. The quantitative estimate of drug-likeness (QED) is 0.878. The van der Waals surface area contributed by atoms with Gasteiger partial charge in [-0.1, -0.05) is 18.2 Å². The Bertz CT molecular complexity index is 435. The Morgan fingerprint density at radius 2 is 1.89 bits per heavy atom. The fourth-order valence-corrected chi connectivity index (χ4v) is 3.12. The van der Waals surface area contributed by atoms with Gasteiger partial charge in [-0.2, -0.15) is 0 Å². The normalized spacial score (nSPS) is 35.1. The molecule has 2 nitrogen and oxygen atoms in total. The molecule has 2 heterocycles. The minimum absolute atomic E-state index is 0.0280. The van der Waals surface area contributed by atoms with Gasteiger partial charge in [-0.3, -0.25) is 0 Å². The van der Waals surface area contributed by atoms with E-state index in [1.165, 1.54) is 12.1 Å². The van der Waals surface area contributed by atoms with Crippen LogP contribution < -0.4 is 0 Å². The van der Waals surface area contributed by atoms with Gasteiger partial charge in [0.25, 0.3) is 6.43 Å². The lowest BCUT2D eigenvalue weighted by Gasteiger charge is -2.37. The summed E-state index contributed by atoms with van der Waals surface area (Å²) in [6.45, 7) is 0. The number of aliphatic hydroxyl groups is 1. The Labute approximate surface area is 105 Å². The molecule has 3 rings (SSSR count). The van der Waals surface area contributed by atoms with Crippen LogP contribution >= 0.6 is 0 Å². The summed E-state index contributed by atoms with van der Waals surface area (Å²) in [6.07, 6.45) is 0.591. The highest BCUT2D eigenvalue weighted by molar-refractivity contribution is 5.30. The number of ether oxygens (including phenoxy) is 1. The van der Waals surface area contributed by atoms with Gasteiger partial charge in [-0.05, 0) is 24.5 Å². The van der Waals surface area contributed by atoms with Crippen molar-refractivity contribution >= 4 is 0 Å². The molecule has 0 aromatic heterocycles. The Morgan fingerprint density at radius 1 is 1.22 bits per heavy atom. The van der Waals surface area contributed by atoms with E-state index in [4.69, 9.17) is 4.74 Å². The molecule has 1 aromatic rings. The molecule has 1 aromatic carbocycles. The summed E-state index contributed by atoms with van der Waals surface area (Å²) in [5.74, 6) is 0. The third-order valence-corrected chi connectivity index (χ3v) is 4.00. The first kappa shape index (κ1) is 12.1. The van der Waals surface area contributed by atoms with Crippen LogP contribution in [0.2, 0.25) is 0 Å². The average Bonchev–Trinajstić information content (AvgIpc) is 2.69. The molecule has 2 saturated heterocycles. The van der Waals surface area contributed by atoms with Crippen LogP contribution in [-0.2, 0) is 10.3 Å². The van der Waals surface area contributed by atoms with Gasteiger partial charge in [0, 0.05) is 18.4 Å². The van der Waals surface area contributed by atoms with E-state index in [9.17, 15) is 13.9 Å². The fraction of sp³-hybridized carbons (Fsp3) is 0.571. The standard InChI is InChI=1S/C14H16F2O2/c15-13(16)9-2-1-3-10(6-9)14(17)7-11-4-5-12(8-14)18-11/h1-3,6,11-13,17H,4-5,7-8H2. The number of halogens is 2. The largest absolute Gasteiger partial charge is 0.385 e. The highest BCUT2D eigenvalue weighted by Gasteiger charge is 2.44. The van der Waals surface area contributed by atoms with E-state index >= 15 is 0 Å². The Kier molecular flexibility index (Phi) is 2.87. The molecule has 0 radical (unpaired) electrons. The third kappa shape index (κ3) is 2.04. The van der Waals surface area contributed by atoms with Crippen molar-refractivity contribution in [2.75, 3.05) is 0 Å². The summed E-state index contributed by atoms with van der Waals surface area (Å²) >= 11 is 0. The molecule has 2 aliphatic rings. The lowest BCUT2D eigenvalue weighted by Crippen LogP contribution is -2.38. The zero-order valence-corrected chi connectivity index (χ0v) is 9.98. The van der Waals surface area contributed by atoms with E-state index < -0.39 is 12.0 Å². The molecule has 0 spiro atoms. The van der Waals surface area contributed by atoms with Crippen molar-refractivity contribution < 1.29 is 18.6 Å². The van der Waals surface area contributed by atoms with Crippen molar-refractivity contribution in [1.29, 1.82) is 0 Å². The molecule has 1 N–H and O–H groups in total. The average molecular weight is 254 g/mol. The first-order valence-corrected chi connectivity index (χ1v) is 6.33. The van der Waals surface area contributed by atoms with Crippen molar-refractivity contribution in [3.63, 3.8) is 0 Å². The Hall–Kier alpha value is -1.00. The minimum atomic E-state index is -2.50. The van der Waals surface area contributed by atoms with E-state index in [1.807, 2.05) is 0 Å². The van der Waals surface area contributed by atoms with Crippen molar-refractivity contribution in [2.45, 2.75) is 49.9 Å². The van der Waals surface area contributed by atoms with Crippen LogP contribution in [0.4, 0.5) is 8.78 Å². The van der Waals surface area contributed by atoms with Crippen LogP contribution in [0.25, 0.3) is 0 Å². The lowest BCUT2D eigenvalue weighted by atomic mass is 9.83. The zero-order valence-electron chi connectivity index (χ0n) is 9.98. The summed E-state index contributed by atoms with van der Waals surface area (Å²) in [5, 5.41) is 10.7. The lowest BCUT2D eigenvalue weighted by molar-refractivity contribution is -0.115. The summed E-state index contributed by atoms with van der Waals surface area (Å²) in [6, 6.07) is 6.14. The second-order valence-corrected chi connectivity index (χ2v) is 5.32. The molecule has 0 aliphatic carbocycles. The Morgan fingerprint density at radius 3 is 2.50 bits per heavy atom. The predicted molar refractivity (Wildman–Crippen MR) is 62.4 cm³/mol. The second-order valence-electron chi connectivity index (χ2n) is 5.32. The molecule has 2 fully saturated rings. The summed E-state index contributed by atoms with van der Waals surface area (Å²) in [7, 11) is 0. The SMILES string of the molecule is OC1(c2cccc(C(F)F)c2)CC2CCC(C1)O2. The smallest absolute Gasteiger partial charge is 0.263 e. The molecular formula is C14H16F2O2. The summed E-state index contributed by atoms with van der Waals surface area (Å²) in [5.41, 5.74) is -0.435. The molecule has 0 amide bonds. The maximum absolute atomic E-state index is 12.7. The molecule has 2 aliphatic heterocycles. The summed E-state index contributed by atoms with van der Waals surface area (Å²) < 4.78 is 31.1. The molecule has 2 bridgehead atoms.